The first kappa shape index (κ1) is 13.0. The minimum absolute atomic E-state index is 0.146. The topological polar surface area (TPSA) is 76.7 Å². The molecule has 0 heterocycles. The molecule has 92 valence electrons. The highest BCUT2D eigenvalue weighted by Crippen LogP contribution is 2.05. The number of nitrogens with two attached hydrogens (primary N) is 1. The SMILES string of the molecule is CCOC(=O)/C(N)=N/NCc1ccccc1F. The van der Waals surface area contributed by atoms with Crippen molar-refractivity contribution in [2.24, 2.45) is 10.8 Å². The van der Waals surface area contributed by atoms with E-state index in [1.54, 1.807) is 25.1 Å². The van der Waals surface area contributed by atoms with Gasteiger partial charge in [-0.1, -0.05) is 18.2 Å². The Labute approximate surface area is 98.5 Å². The molecule has 0 aromatic heterocycles. The van der Waals surface area contributed by atoms with Crippen LogP contribution >= 0.6 is 0 Å². The molecular weight excluding hydrogens is 225 g/mol. The third kappa shape index (κ3) is 4.10. The van der Waals surface area contributed by atoms with Crippen LogP contribution in [0, 0.1) is 5.82 Å². The van der Waals surface area contributed by atoms with E-state index in [4.69, 9.17) is 5.73 Å². The van der Waals surface area contributed by atoms with E-state index in [1.807, 2.05) is 0 Å². The van der Waals surface area contributed by atoms with Gasteiger partial charge in [-0.2, -0.15) is 5.10 Å². The molecule has 3 N–H and O–H groups in total. The van der Waals surface area contributed by atoms with E-state index in [-0.39, 0.29) is 24.8 Å². The summed E-state index contributed by atoms with van der Waals surface area (Å²) in [6.45, 7) is 2.03. The number of nitrogens with zero attached hydrogens (tertiary/aromatic N) is 1. The Kier molecular flexibility index (Phi) is 4.93. The molecule has 0 saturated carbocycles. The molecule has 17 heavy (non-hydrogen) atoms. The molecule has 0 aliphatic rings. The maximum atomic E-state index is 13.2. The largest absolute Gasteiger partial charge is 0.460 e. The number of hydrogen-bond acceptors (Lipinski definition) is 4. The molecule has 0 bridgehead atoms. The van der Waals surface area contributed by atoms with Crippen LogP contribution in [0.5, 0.6) is 0 Å². The normalized spacial score (nSPS) is 11.1. The quantitative estimate of drug-likeness (QED) is 0.352. The van der Waals surface area contributed by atoms with Crippen LogP contribution in [0.1, 0.15) is 12.5 Å². The fourth-order valence-corrected chi connectivity index (χ4v) is 1.10. The minimum Gasteiger partial charge on any atom is -0.460 e. The van der Waals surface area contributed by atoms with Crippen molar-refractivity contribution in [3.05, 3.63) is 35.6 Å². The summed E-state index contributed by atoms with van der Waals surface area (Å²) < 4.78 is 17.8. The van der Waals surface area contributed by atoms with Crippen LogP contribution in [0.25, 0.3) is 0 Å². The lowest BCUT2D eigenvalue weighted by Gasteiger charge is -2.04. The lowest BCUT2D eigenvalue weighted by atomic mass is 10.2. The Morgan fingerprint density at radius 2 is 2.24 bits per heavy atom. The van der Waals surface area contributed by atoms with Crippen molar-refractivity contribution in [1.82, 2.24) is 5.43 Å². The van der Waals surface area contributed by atoms with Crippen molar-refractivity contribution >= 4 is 11.8 Å². The first-order chi connectivity index (χ1) is 8.15. The predicted molar refractivity (Wildman–Crippen MR) is 61.5 cm³/mol. The molecular formula is C11H14FN3O2. The summed E-state index contributed by atoms with van der Waals surface area (Å²) in [5.41, 5.74) is 8.27. The van der Waals surface area contributed by atoms with E-state index < -0.39 is 5.97 Å². The molecule has 0 saturated heterocycles. The van der Waals surface area contributed by atoms with Gasteiger partial charge in [0.05, 0.1) is 13.2 Å². The molecule has 1 aromatic carbocycles. The zero-order chi connectivity index (χ0) is 12.7. The maximum absolute atomic E-state index is 13.2. The first-order valence-electron chi connectivity index (χ1n) is 5.11. The molecule has 0 atom stereocenters. The van der Waals surface area contributed by atoms with Gasteiger partial charge in [-0.3, -0.25) is 0 Å². The molecule has 0 amide bonds. The highest BCUT2D eigenvalue weighted by atomic mass is 19.1. The summed E-state index contributed by atoms with van der Waals surface area (Å²) in [7, 11) is 0. The average Bonchev–Trinajstić information content (AvgIpc) is 2.31. The van der Waals surface area contributed by atoms with Crippen LogP contribution in [-0.2, 0) is 16.1 Å². The summed E-state index contributed by atoms with van der Waals surface area (Å²) in [4.78, 5) is 11.1. The van der Waals surface area contributed by atoms with Gasteiger partial charge < -0.3 is 15.9 Å². The number of carbonyl (C=O) groups is 1. The number of hydrazone groups is 1. The summed E-state index contributed by atoms with van der Waals surface area (Å²) in [5.74, 6) is -1.33. The summed E-state index contributed by atoms with van der Waals surface area (Å²) in [6.07, 6.45) is 0. The van der Waals surface area contributed by atoms with Crippen molar-refractivity contribution in [2.75, 3.05) is 6.61 Å². The average molecular weight is 239 g/mol. The molecule has 5 nitrogen and oxygen atoms in total. The number of rotatable bonds is 4. The zero-order valence-corrected chi connectivity index (χ0v) is 9.44. The summed E-state index contributed by atoms with van der Waals surface area (Å²) in [6, 6.07) is 6.25. The molecule has 0 radical (unpaired) electrons. The van der Waals surface area contributed by atoms with Crippen LogP contribution in [0.4, 0.5) is 4.39 Å². The number of hydrogen-bond donors (Lipinski definition) is 2. The Balaban J connectivity index is 2.49. The minimum atomic E-state index is -0.700. The van der Waals surface area contributed by atoms with Crippen LogP contribution in [-0.4, -0.2) is 18.4 Å². The van der Waals surface area contributed by atoms with Gasteiger partial charge in [-0.25, -0.2) is 9.18 Å². The van der Waals surface area contributed by atoms with Gasteiger partial charge in [0.2, 0.25) is 5.84 Å². The summed E-state index contributed by atoms with van der Waals surface area (Å²) in [5, 5.41) is 3.58. The first-order valence-corrected chi connectivity index (χ1v) is 5.11. The second-order valence-electron chi connectivity index (χ2n) is 3.14. The Bertz CT molecular complexity index is 421. The second kappa shape index (κ2) is 6.47. The second-order valence-corrected chi connectivity index (χ2v) is 3.14. The van der Waals surface area contributed by atoms with E-state index in [2.05, 4.69) is 15.3 Å². The van der Waals surface area contributed by atoms with E-state index in [9.17, 15) is 9.18 Å². The number of esters is 1. The number of ether oxygens (including phenoxy) is 1. The Hall–Kier alpha value is -2.11. The van der Waals surface area contributed by atoms with Gasteiger partial charge in [0.25, 0.3) is 0 Å². The zero-order valence-electron chi connectivity index (χ0n) is 9.44. The van der Waals surface area contributed by atoms with Gasteiger partial charge in [0, 0.05) is 5.56 Å². The Morgan fingerprint density at radius 3 is 2.88 bits per heavy atom. The predicted octanol–water partition coefficient (Wildman–Crippen LogP) is 0.751. The van der Waals surface area contributed by atoms with Crippen LogP contribution in [0.15, 0.2) is 29.4 Å². The molecule has 0 aliphatic carbocycles. The standard InChI is InChI=1S/C11H14FN3O2/c1-2-17-11(16)10(13)15-14-7-8-5-3-4-6-9(8)12/h3-6,14H,2,7H2,1H3,(H2,13,15). The van der Waals surface area contributed by atoms with Gasteiger partial charge in [-0.15, -0.1) is 0 Å². The van der Waals surface area contributed by atoms with E-state index in [0.717, 1.165) is 0 Å². The molecule has 0 spiro atoms. The number of benzene rings is 1. The molecule has 0 aliphatic heterocycles. The number of amidine groups is 1. The van der Waals surface area contributed by atoms with E-state index in [0.29, 0.717) is 5.56 Å². The number of halogens is 1. The molecule has 0 fully saturated rings. The van der Waals surface area contributed by atoms with E-state index in [1.165, 1.54) is 6.07 Å². The lowest BCUT2D eigenvalue weighted by molar-refractivity contribution is -0.135. The molecule has 1 aromatic rings. The third-order valence-corrected chi connectivity index (χ3v) is 1.91. The number of carbonyl (C=O) groups excluding carboxylic acids is 1. The smallest absolute Gasteiger partial charge is 0.375 e. The monoisotopic (exact) mass is 239 g/mol. The summed E-state index contributed by atoms with van der Waals surface area (Å²) >= 11 is 0. The van der Waals surface area contributed by atoms with Crippen LogP contribution in [0.2, 0.25) is 0 Å². The van der Waals surface area contributed by atoms with E-state index >= 15 is 0 Å². The van der Waals surface area contributed by atoms with Crippen molar-refractivity contribution in [3.63, 3.8) is 0 Å². The van der Waals surface area contributed by atoms with Crippen LogP contribution in [0.3, 0.4) is 0 Å². The highest BCUT2D eigenvalue weighted by Gasteiger charge is 2.07. The molecule has 6 heteroatoms. The van der Waals surface area contributed by atoms with Crippen LogP contribution < -0.4 is 11.2 Å². The number of nitrogens with one attached hydrogen (secondary N) is 1. The van der Waals surface area contributed by atoms with Crippen molar-refractivity contribution in [2.45, 2.75) is 13.5 Å². The van der Waals surface area contributed by atoms with Gasteiger partial charge in [-0.05, 0) is 13.0 Å². The highest BCUT2D eigenvalue weighted by molar-refractivity contribution is 6.34. The van der Waals surface area contributed by atoms with Crippen molar-refractivity contribution < 1.29 is 13.9 Å². The molecule has 0 unspecified atom stereocenters. The van der Waals surface area contributed by atoms with Gasteiger partial charge >= 0.3 is 5.97 Å². The maximum Gasteiger partial charge on any atom is 0.375 e. The van der Waals surface area contributed by atoms with Gasteiger partial charge in [0.15, 0.2) is 0 Å². The third-order valence-electron chi connectivity index (χ3n) is 1.91. The van der Waals surface area contributed by atoms with Crippen molar-refractivity contribution in [1.29, 1.82) is 0 Å². The lowest BCUT2D eigenvalue weighted by Crippen LogP contribution is -2.28. The molecule has 1 rings (SSSR count). The fourth-order valence-electron chi connectivity index (χ4n) is 1.10. The fraction of sp³-hybridized carbons (Fsp3) is 0.273. The van der Waals surface area contributed by atoms with Gasteiger partial charge in [0.1, 0.15) is 5.82 Å². The Morgan fingerprint density at radius 1 is 1.53 bits per heavy atom. The van der Waals surface area contributed by atoms with Crippen molar-refractivity contribution in [3.8, 4) is 0 Å².